The summed E-state index contributed by atoms with van der Waals surface area (Å²) in [5.41, 5.74) is 0.454. The fraction of sp³-hybridized carbons (Fsp3) is 0.286. The molecule has 0 bridgehead atoms. The van der Waals surface area contributed by atoms with Crippen LogP contribution in [0, 0.1) is 0 Å². The van der Waals surface area contributed by atoms with E-state index in [1.807, 2.05) is 35.0 Å². The van der Waals surface area contributed by atoms with Crippen LogP contribution in [0.1, 0.15) is 10.5 Å². The topological polar surface area (TPSA) is 59.3 Å². The molecule has 0 aliphatic heterocycles. The molecule has 19 heavy (non-hydrogen) atoms. The van der Waals surface area contributed by atoms with Crippen LogP contribution < -0.4 is 0 Å². The van der Waals surface area contributed by atoms with E-state index in [0.717, 1.165) is 16.5 Å². The van der Waals surface area contributed by atoms with Crippen molar-refractivity contribution >= 4 is 34.6 Å². The van der Waals surface area contributed by atoms with E-state index in [9.17, 15) is 9.59 Å². The van der Waals surface area contributed by atoms with Crippen molar-refractivity contribution in [1.82, 2.24) is 4.57 Å². The molecule has 0 saturated heterocycles. The van der Waals surface area contributed by atoms with Crippen molar-refractivity contribution in [2.24, 2.45) is 0 Å². The van der Waals surface area contributed by atoms with E-state index in [1.165, 1.54) is 0 Å². The molecule has 0 amide bonds. The number of aryl methyl sites for hydroxylation is 1. The second kappa shape index (κ2) is 6.54. The molecule has 1 aromatic heterocycles. The highest BCUT2D eigenvalue weighted by molar-refractivity contribution is 7.99. The molecule has 0 unspecified atom stereocenters. The van der Waals surface area contributed by atoms with Gasteiger partial charge in [0.05, 0.1) is 6.61 Å². The van der Waals surface area contributed by atoms with Crippen LogP contribution in [0.4, 0.5) is 0 Å². The van der Waals surface area contributed by atoms with Gasteiger partial charge >= 0.3 is 0 Å². The van der Waals surface area contributed by atoms with Gasteiger partial charge in [-0.2, -0.15) is 11.8 Å². The molecular weight excluding hydrogens is 262 g/mol. The van der Waals surface area contributed by atoms with Crippen LogP contribution in [0.2, 0.25) is 0 Å². The minimum atomic E-state index is -0.492. The Hall–Kier alpha value is -1.59. The van der Waals surface area contributed by atoms with Crippen molar-refractivity contribution in [2.45, 2.75) is 6.54 Å². The van der Waals surface area contributed by atoms with Crippen LogP contribution in [0.3, 0.4) is 0 Å². The summed E-state index contributed by atoms with van der Waals surface area (Å²) in [5.74, 6) is 0.978. The molecule has 0 aliphatic rings. The van der Waals surface area contributed by atoms with Gasteiger partial charge in [0.1, 0.15) is 5.69 Å². The van der Waals surface area contributed by atoms with Crippen molar-refractivity contribution < 1.29 is 14.7 Å². The number of carbonyl (C=O) groups is 2. The molecule has 1 heterocycles. The molecule has 0 atom stereocenters. The highest BCUT2D eigenvalue weighted by Gasteiger charge is 2.15. The summed E-state index contributed by atoms with van der Waals surface area (Å²) in [7, 11) is 0. The Morgan fingerprint density at radius 3 is 2.84 bits per heavy atom. The SMILES string of the molecule is O=CC(=O)c1c2ccccc2cn1CCSCCO. The highest BCUT2D eigenvalue weighted by atomic mass is 32.2. The normalized spacial score (nSPS) is 10.8. The summed E-state index contributed by atoms with van der Waals surface area (Å²) in [6, 6.07) is 7.54. The van der Waals surface area contributed by atoms with Crippen molar-refractivity contribution in [2.75, 3.05) is 18.1 Å². The Morgan fingerprint density at radius 2 is 2.11 bits per heavy atom. The Morgan fingerprint density at radius 1 is 1.32 bits per heavy atom. The Kier molecular flexibility index (Phi) is 4.76. The van der Waals surface area contributed by atoms with E-state index in [4.69, 9.17) is 5.11 Å². The van der Waals surface area contributed by atoms with Crippen molar-refractivity contribution in [3.05, 3.63) is 36.2 Å². The fourth-order valence-corrected chi connectivity index (χ4v) is 2.71. The number of thioether (sulfide) groups is 1. The molecule has 0 fully saturated rings. The molecule has 0 spiro atoms. The minimum Gasteiger partial charge on any atom is -0.396 e. The Bertz CT molecular complexity index is 591. The first-order valence-corrected chi connectivity index (χ1v) is 7.19. The van der Waals surface area contributed by atoms with E-state index >= 15 is 0 Å². The molecule has 2 aromatic rings. The van der Waals surface area contributed by atoms with Gasteiger partial charge in [0.15, 0.2) is 6.29 Å². The van der Waals surface area contributed by atoms with Gasteiger partial charge in [0.25, 0.3) is 0 Å². The van der Waals surface area contributed by atoms with Gasteiger partial charge in [-0.05, 0) is 0 Å². The number of fused-ring (bicyclic) bond motifs is 1. The number of rotatable bonds is 7. The largest absolute Gasteiger partial charge is 0.396 e. The predicted molar refractivity (Wildman–Crippen MR) is 76.7 cm³/mol. The number of hydrogen-bond acceptors (Lipinski definition) is 4. The summed E-state index contributed by atoms with van der Waals surface area (Å²) < 4.78 is 1.83. The maximum absolute atomic E-state index is 11.8. The van der Waals surface area contributed by atoms with Gasteiger partial charge in [-0.3, -0.25) is 9.59 Å². The number of aldehydes is 1. The molecule has 4 nitrogen and oxygen atoms in total. The van der Waals surface area contributed by atoms with Crippen LogP contribution in [-0.2, 0) is 11.3 Å². The predicted octanol–water partition coefficient (Wildman–Crippen LogP) is 1.75. The molecule has 5 heteroatoms. The third kappa shape index (κ3) is 3.05. The maximum Gasteiger partial charge on any atom is 0.242 e. The van der Waals surface area contributed by atoms with E-state index in [2.05, 4.69) is 0 Å². The molecule has 1 N–H and O–H groups in total. The smallest absolute Gasteiger partial charge is 0.242 e. The van der Waals surface area contributed by atoms with E-state index in [-0.39, 0.29) is 6.61 Å². The minimum absolute atomic E-state index is 0.151. The standard InChI is InChI=1S/C14H15NO3S/c16-6-8-19-7-5-15-9-11-3-1-2-4-12(11)14(15)13(18)10-17/h1-4,9-10,16H,5-8H2. The Balaban J connectivity index is 2.30. The van der Waals surface area contributed by atoms with Crippen molar-refractivity contribution in [1.29, 1.82) is 0 Å². The average Bonchev–Trinajstić information content (AvgIpc) is 2.81. The number of Topliss-reactive ketones (excluding diaryl/α,β-unsaturated/α-hetero) is 1. The zero-order chi connectivity index (χ0) is 13.7. The molecule has 100 valence electrons. The molecule has 0 radical (unpaired) electrons. The third-order valence-corrected chi connectivity index (χ3v) is 3.79. The first-order valence-electron chi connectivity index (χ1n) is 6.04. The van der Waals surface area contributed by atoms with E-state index in [0.29, 0.717) is 24.3 Å². The van der Waals surface area contributed by atoms with Crippen LogP contribution >= 0.6 is 11.8 Å². The first-order chi connectivity index (χ1) is 9.27. The molecular formula is C14H15NO3S. The van der Waals surface area contributed by atoms with Gasteiger partial charge in [-0.25, -0.2) is 0 Å². The second-order valence-electron chi connectivity index (χ2n) is 4.08. The van der Waals surface area contributed by atoms with Gasteiger partial charge in [0, 0.05) is 35.0 Å². The molecule has 2 rings (SSSR count). The number of hydrogen-bond donors (Lipinski definition) is 1. The van der Waals surface area contributed by atoms with E-state index in [1.54, 1.807) is 11.8 Å². The zero-order valence-corrected chi connectivity index (χ0v) is 11.2. The zero-order valence-electron chi connectivity index (χ0n) is 10.4. The summed E-state index contributed by atoms with van der Waals surface area (Å²) in [6.07, 6.45) is 2.25. The van der Waals surface area contributed by atoms with Crippen molar-refractivity contribution in [3.8, 4) is 0 Å². The highest BCUT2D eigenvalue weighted by Crippen LogP contribution is 2.21. The second-order valence-corrected chi connectivity index (χ2v) is 5.30. The van der Waals surface area contributed by atoms with Crippen LogP contribution in [0.25, 0.3) is 10.8 Å². The van der Waals surface area contributed by atoms with Crippen molar-refractivity contribution in [3.63, 3.8) is 0 Å². The summed E-state index contributed by atoms with van der Waals surface area (Å²) in [6.45, 7) is 0.798. The molecule has 0 saturated carbocycles. The van der Waals surface area contributed by atoms with Crippen LogP contribution in [-0.4, -0.2) is 39.9 Å². The summed E-state index contributed by atoms with van der Waals surface area (Å²) in [4.78, 5) is 22.5. The first kappa shape index (κ1) is 13.8. The summed E-state index contributed by atoms with van der Waals surface area (Å²) in [5, 5.41) is 10.5. The van der Waals surface area contributed by atoms with Gasteiger partial charge in [-0.15, -0.1) is 0 Å². The monoisotopic (exact) mass is 277 g/mol. The van der Waals surface area contributed by atoms with Crippen LogP contribution in [0.15, 0.2) is 30.5 Å². The third-order valence-electron chi connectivity index (χ3n) is 2.85. The fourth-order valence-electron chi connectivity index (χ4n) is 2.05. The molecule has 0 aliphatic carbocycles. The lowest BCUT2D eigenvalue weighted by molar-refractivity contribution is -0.104. The Labute approximate surface area is 115 Å². The summed E-state index contributed by atoms with van der Waals surface area (Å²) >= 11 is 1.62. The van der Waals surface area contributed by atoms with E-state index < -0.39 is 5.78 Å². The lowest BCUT2D eigenvalue weighted by Crippen LogP contribution is -2.11. The maximum atomic E-state index is 11.8. The number of carbonyl (C=O) groups excluding carboxylic acids is 2. The quantitative estimate of drug-likeness (QED) is 0.362. The average molecular weight is 277 g/mol. The number of benzene rings is 1. The lowest BCUT2D eigenvalue weighted by Gasteiger charge is -2.06. The van der Waals surface area contributed by atoms with Crippen LogP contribution in [0.5, 0.6) is 0 Å². The number of ketones is 1. The van der Waals surface area contributed by atoms with Gasteiger partial charge in [0.2, 0.25) is 5.78 Å². The number of aliphatic hydroxyl groups is 1. The van der Waals surface area contributed by atoms with Gasteiger partial charge in [-0.1, -0.05) is 24.3 Å². The number of aromatic nitrogens is 1. The number of nitrogens with zero attached hydrogens (tertiary/aromatic N) is 1. The lowest BCUT2D eigenvalue weighted by atomic mass is 10.1. The van der Waals surface area contributed by atoms with Gasteiger partial charge < -0.3 is 9.67 Å². The number of aliphatic hydroxyl groups excluding tert-OH is 1. The molecule has 1 aromatic carbocycles.